The maximum absolute atomic E-state index is 10.9. The second-order valence-electron chi connectivity index (χ2n) is 5.44. The third-order valence-electron chi connectivity index (χ3n) is 3.82. The quantitative estimate of drug-likeness (QED) is 0.892. The summed E-state index contributed by atoms with van der Waals surface area (Å²) in [6.45, 7) is 3.89. The molecule has 110 valence electrons. The molecule has 0 spiro atoms. The molecule has 1 aliphatic heterocycles. The van der Waals surface area contributed by atoms with Crippen molar-refractivity contribution in [2.75, 3.05) is 25.1 Å². The number of primary amides is 1. The Balaban J connectivity index is 2.08. The smallest absolute Gasteiger partial charge is 0.217 e. The Morgan fingerprint density at radius 3 is 3.05 bits per heavy atom. The molecule has 1 atom stereocenters. The molecule has 0 bridgehead atoms. The molecule has 0 aromatic carbocycles. The summed E-state index contributed by atoms with van der Waals surface area (Å²) in [5, 5.41) is 0. The van der Waals surface area contributed by atoms with Crippen LogP contribution in [0.5, 0.6) is 5.75 Å². The van der Waals surface area contributed by atoms with E-state index < -0.39 is 0 Å². The van der Waals surface area contributed by atoms with Crippen molar-refractivity contribution in [1.82, 2.24) is 4.98 Å². The number of nitrogens with two attached hydrogens (primary N) is 1. The van der Waals surface area contributed by atoms with Crippen LogP contribution in [0.15, 0.2) is 12.1 Å². The number of piperidine rings is 1. The van der Waals surface area contributed by atoms with Gasteiger partial charge in [0, 0.05) is 25.2 Å². The summed E-state index contributed by atoms with van der Waals surface area (Å²) in [5.41, 5.74) is 6.22. The fraction of sp³-hybridized carbons (Fsp3) is 0.600. The fourth-order valence-corrected chi connectivity index (χ4v) is 2.76. The van der Waals surface area contributed by atoms with Crippen molar-refractivity contribution >= 4 is 11.7 Å². The number of hydrogen-bond acceptors (Lipinski definition) is 4. The van der Waals surface area contributed by atoms with Gasteiger partial charge >= 0.3 is 0 Å². The van der Waals surface area contributed by atoms with E-state index in [0.29, 0.717) is 12.3 Å². The van der Waals surface area contributed by atoms with Crippen LogP contribution in [0.3, 0.4) is 0 Å². The van der Waals surface area contributed by atoms with Crippen LogP contribution in [0.1, 0.15) is 31.4 Å². The van der Waals surface area contributed by atoms with E-state index in [-0.39, 0.29) is 5.91 Å². The number of carbonyl (C=O) groups is 1. The highest BCUT2D eigenvalue weighted by molar-refractivity contribution is 5.73. The average Bonchev–Trinajstić information content (AvgIpc) is 2.45. The molecule has 2 rings (SSSR count). The molecule has 0 aliphatic carbocycles. The largest absolute Gasteiger partial charge is 0.493 e. The highest BCUT2D eigenvalue weighted by atomic mass is 16.5. The van der Waals surface area contributed by atoms with Gasteiger partial charge in [-0.05, 0) is 44.2 Å². The van der Waals surface area contributed by atoms with Gasteiger partial charge in [-0.1, -0.05) is 0 Å². The Kier molecular flexibility index (Phi) is 4.82. The van der Waals surface area contributed by atoms with Gasteiger partial charge in [0.25, 0.3) is 0 Å². The van der Waals surface area contributed by atoms with Gasteiger partial charge in [0.05, 0.1) is 7.11 Å². The van der Waals surface area contributed by atoms with Crippen molar-refractivity contribution in [2.24, 2.45) is 11.7 Å². The minimum atomic E-state index is -0.214. The Morgan fingerprint density at radius 2 is 2.35 bits per heavy atom. The lowest BCUT2D eigenvalue weighted by Gasteiger charge is -2.34. The van der Waals surface area contributed by atoms with Crippen LogP contribution >= 0.6 is 0 Å². The van der Waals surface area contributed by atoms with Gasteiger partial charge in [-0.2, -0.15) is 0 Å². The summed E-state index contributed by atoms with van der Waals surface area (Å²) in [5.74, 6) is 2.01. The van der Waals surface area contributed by atoms with Gasteiger partial charge in [0.2, 0.25) is 5.91 Å². The van der Waals surface area contributed by atoms with Gasteiger partial charge in [-0.15, -0.1) is 0 Å². The number of amides is 1. The molecule has 0 saturated carbocycles. The standard InChI is InChI=1S/C15H23N3O2/c1-11-5-7-13(20-2)15(17-11)18-9-3-4-12(10-18)6-8-14(16)19/h5,7,12H,3-4,6,8-10H2,1-2H3,(H2,16,19). The number of methoxy groups -OCH3 is 1. The Bertz CT molecular complexity index is 476. The summed E-state index contributed by atoms with van der Waals surface area (Å²) in [4.78, 5) is 17.8. The number of ether oxygens (including phenoxy) is 1. The van der Waals surface area contributed by atoms with E-state index in [4.69, 9.17) is 10.5 Å². The highest BCUT2D eigenvalue weighted by Crippen LogP contribution is 2.31. The summed E-state index contributed by atoms with van der Waals surface area (Å²) in [6.07, 6.45) is 3.59. The van der Waals surface area contributed by atoms with E-state index in [2.05, 4.69) is 9.88 Å². The molecule has 0 radical (unpaired) electrons. The minimum absolute atomic E-state index is 0.214. The Labute approximate surface area is 120 Å². The summed E-state index contributed by atoms with van der Waals surface area (Å²) >= 11 is 0. The number of pyridine rings is 1. The van der Waals surface area contributed by atoms with Crippen molar-refractivity contribution in [1.29, 1.82) is 0 Å². The second-order valence-corrected chi connectivity index (χ2v) is 5.44. The van der Waals surface area contributed by atoms with Crippen LogP contribution in [-0.2, 0) is 4.79 Å². The zero-order chi connectivity index (χ0) is 14.5. The molecule has 1 unspecified atom stereocenters. The van der Waals surface area contributed by atoms with E-state index >= 15 is 0 Å². The van der Waals surface area contributed by atoms with Gasteiger partial charge in [0.1, 0.15) is 0 Å². The third kappa shape index (κ3) is 3.62. The molecular weight excluding hydrogens is 254 g/mol. The van der Waals surface area contributed by atoms with Crippen molar-refractivity contribution < 1.29 is 9.53 Å². The third-order valence-corrected chi connectivity index (χ3v) is 3.82. The van der Waals surface area contributed by atoms with Crippen molar-refractivity contribution in [3.8, 4) is 5.75 Å². The normalized spacial score (nSPS) is 18.9. The van der Waals surface area contributed by atoms with Gasteiger partial charge in [-0.25, -0.2) is 4.98 Å². The van der Waals surface area contributed by atoms with Crippen LogP contribution in [0.4, 0.5) is 5.82 Å². The molecular formula is C15H23N3O2. The Morgan fingerprint density at radius 1 is 1.55 bits per heavy atom. The van der Waals surface area contributed by atoms with E-state index in [0.717, 1.165) is 49.6 Å². The molecule has 1 aliphatic rings. The molecule has 2 N–H and O–H groups in total. The second kappa shape index (κ2) is 6.59. The molecule has 1 amide bonds. The first-order chi connectivity index (χ1) is 9.60. The molecule has 1 aromatic rings. The van der Waals surface area contributed by atoms with Crippen molar-refractivity contribution in [2.45, 2.75) is 32.6 Å². The maximum Gasteiger partial charge on any atom is 0.217 e. The first kappa shape index (κ1) is 14.6. The minimum Gasteiger partial charge on any atom is -0.493 e. The van der Waals surface area contributed by atoms with Crippen LogP contribution in [0.2, 0.25) is 0 Å². The fourth-order valence-electron chi connectivity index (χ4n) is 2.76. The molecule has 20 heavy (non-hydrogen) atoms. The van der Waals surface area contributed by atoms with Gasteiger partial charge < -0.3 is 15.4 Å². The average molecular weight is 277 g/mol. The first-order valence-electron chi connectivity index (χ1n) is 7.15. The van der Waals surface area contributed by atoms with E-state index in [9.17, 15) is 4.79 Å². The summed E-state index contributed by atoms with van der Waals surface area (Å²) in [7, 11) is 1.67. The van der Waals surface area contributed by atoms with E-state index in [1.165, 1.54) is 0 Å². The van der Waals surface area contributed by atoms with Crippen LogP contribution in [0.25, 0.3) is 0 Å². The lowest BCUT2D eigenvalue weighted by molar-refractivity contribution is -0.118. The maximum atomic E-state index is 10.9. The monoisotopic (exact) mass is 277 g/mol. The number of rotatable bonds is 5. The molecule has 1 fully saturated rings. The van der Waals surface area contributed by atoms with Gasteiger partial charge in [-0.3, -0.25) is 4.79 Å². The van der Waals surface area contributed by atoms with Gasteiger partial charge in [0.15, 0.2) is 11.6 Å². The number of aromatic nitrogens is 1. The number of aryl methyl sites for hydroxylation is 1. The van der Waals surface area contributed by atoms with Crippen molar-refractivity contribution in [3.05, 3.63) is 17.8 Å². The predicted molar refractivity (Wildman–Crippen MR) is 78.9 cm³/mol. The van der Waals surface area contributed by atoms with E-state index in [1.807, 2.05) is 19.1 Å². The number of nitrogens with zero attached hydrogens (tertiary/aromatic N) is 2. The lowest BCUT2D eigenvalue weighted by atomic mass is 9.93. The molecule has 1 aromatic heterocycles. The number of anilines is 1. The zero-order valence-corrected chi connectivity index (χ0v) is 12.3. The molecule has 5 nitrogen and oxygen atoms in total. The first-order valence-corrected chi connectivity index (χ1v) is 7.15. The number of carbonyl (C=O) groups excluding carboxylic acids is 1. The topological polar surface area (TPSA) is 68.4 Å². The van der Waals surface area contributed by atoms with E-state index in [1.54, 1.807) is 7.11 Å². The van der Waals surface area contributed by atoms with Crippen LogP contribution < -0.4 is 15.4 Å². The number of hydrogen-bond donors (Lipinski definition) is 1. The highest BCUT2D eigenvalue weighted by Gasteiger charge is 2.23. The predicted octanol–water partition coefficient (Wildman–Crippen LogP) is 1.88. The molecule has 5 heteroatoms. The molecule has 1 saturated heterocycles. The lowest BCUT2D eigenvalue weighted by Crippen LogP contribution is -2.36. The summed E-state index contributed by atoms with van der Waals surface area (Å²) in [6, 6.07) is 3.92. The van der Waals surface area contributed by atoms with Crippen LogP contribution in [-0.4, -0.2) is 31.1 Å². The Hall–Kier alpha value is -1.78. The zero-order valence-electron chi connectivity index (χ0n) is 12.3. The summed E-state index contributed by atoms with van der Waals surface area (Å²) < 4.78 is 5.41. The molecule has 2 heterocycles. The SMILES string of the molecule is COc1ccc(C)nc1N1CCCC(CCC(N)=O)C1. The van der Waals surface area contributed by atoms with Crippen LogP contribution in [0, 0.1) is 12.8 Å². The van der Waals surface area contributed by atoms with Crippen molar-refractivity contribution in [3.63, 3.8) is 0 Å².